The zero-order valence-electron chi connectivity index (χ0n) is 11.6. The van der Waals surface area contributed by atoms with Crippen molar-refractivity contribution >= 4 is 5.97 Å². The Labute approximate surface area is 123 Å². The number of fused-ring (bicyclic) bond motifs is 1. The number of benzene rings is 2. The smallest absolute Gasteiger partial charge is 0.306 e. The van der Waals surface area contributed by atoms with Crippen molar-refractivity contribution < 1.29 is 14.3 Å². The zero-order valence-corrected chi connectivity index (χ0v) is 11.6. The molecule has 2 aromatic carbocycles. The van der Waals surface area contributed by atoms with E-state index in [1.54, 1.807) is 12.1 Å². The Hall–Kier alpha value is -2.16. The summed E-state index contributed by atoms with van der Waals surface area (Å²) in [5, 5.41) is 9.43. The van der Waals surface area contributed by atoms with Crippen molar-refractivity contribution in [2.45, 2.75) is 25.2 Å². The maximum absolute atomic E-state index is 12.9. The van der Waals surface area contributed by atoms with Gasteiger partial charge >= 0.3 is 5.97 Å². The highest BCUT2D eigenvalue weighted by atomic mass is 19.1. The first-order valence-electron chi connectivity index (χ1n) is 7.18. The topological polar surface area (TPSA) is 37.3 Å². The van der Waals surface area contributed by atoms with E-state index in [-0.39, 0.29) is 5.82 Å². The third-order valence-electron chi connectivity index (χ3n) is 4.27. The number of rotatable bonds is 5. The molecule has 0 saturated heterocycles. The summed E-state index contributed by atoms with van der Waals surface area (Å²) in [5.41, 5.74) is 3.48. The summed E-state index contributed by atoms with van der Waals surface area (Å²) in [6, 6.07) is 14.3. The molecule has 0 aromatic heterocycles. The van der Waals surface area contributed by atoms with E-state index in [2.05, 4.69) is 12.1 Å². The van der Waals surface area contributed by atoms with Gasteiger partial charge in [0.25, 0.3) is 0 Å². The van der Waals surface area contributed by atoms with Crippen LogP contribution in [0.3, 0.4) is 0 Å². The second-order valence-electron chi connectivity index (χ2n) is 5.70. The molecule has 1 aliphatic carbocycles. The van der Waals surface area contributed by atoms with Gasteiger partial charge < -0.3 is 5.11 Å². The van der Waals surface area contributed by atoms with Gasteiger partial charge in [-0.2, -0.15) is 0 Å². The van der Waals surface area contributed by atoms with E-state index in [9.17, 15) is 14.3 Å². The zero-order chi connectivity index (χ0) is 14.8. The maximum atomic E-state index is 12.9. The summed E-state index contributed by atoms with van der Waals surface area (Å²) in [6.45, 7) is 0. The van der Waals surface area contributed by atoms with Gasteiger partial charge in [-0.25, -0.2) is 4.39 Å². The maximum Gasteiger partial charge on any atom is 0.306 e. The molecular formula is C18H17FO2. The molecule has 2 nitrogen and oxygen atoms in total. The number of carboxylic acid groups (broad SMARTS) is 1. The van der Waals surface area contributed by atoms with Gasteiger partial charge in [-0.15, -0.1) is 0 Å². The van der Waals surface area contributed by atoms with Crippen LogP contribution in [-0.2, 0) is 17.6 Å². The minimum atomic E-state index is -0.774. The highest BCUT2D eigenvalue weighted by Crippen LogP contribution is 2.39. The molecule has 1 aliphatic rings. The normalized spacial score (nSPS) is 17.7. The minimum absolute atomic E-state index is 0.293. The molecule has 0 aliphatic heterocycles. The molecule has 21 heavy (non-hydrogen) atoms. The Bertz CT molecular complexity index is 649. The lowest BCUT2D eigenvalue weighted by molar-refractivity contribution is -0.142. The molecule has 1 N–H and O–H groups in total. The van der Waals surface area contributed by atoms with Crippen molar-refractivity contribution in [3.8, 4) is 0 Å². The Morgan fingerprint density at radius 2 is 1.90 bits per heavy atom. The van der Waals surface area contributed by atoms with Crippen molar-refractivity contribution in [1.82, 2.24) is 0 Å². The molecule has 0 bridgehead atoms. The number of aliphatic carboxylic acids is 1. The Balaban J connectivity index is 1.69. The lowest BCUT2D eigenvalue weighted by atomic mass is 9.72. The van der Waals surface area contributed by atoms with Crippen LogP contribution in [0.5, 0.6) is 0 Å². The second kappa shape index (κ2) is 5.68. The summed E-state index contributed by atoms with van der Waals surface area (Å²) in [6.07, 6.45) is 2.06. The molecule has 2 unspecified atom stereocenters. The van der Waals surface area contributed by atoms with Crippen LogP contribution in [0.15, 0.2) is 48.5 Å². The number of carboxylic acids is 1. The molecule has 3 heteroatoms. The standard InChI is InChI=1S/C18H17FO2/c19-16-7-5-12(6-8-16)9-15(18(20)21)11-14-10-13-3-1-2-4-17(13)14/h1-8,14-15H,9-11H2,(H,20,21). The van der Waals surface area contributed by atoms with Gasteiger partial charge in [-0.3, -0.25) is 4.79 Å². The molecule has 0 fully saturated rings. The molecule has 0 saturated carbocycles. The van der Waals surface area contributed by atoms with E-state index >= 15 is 0 Å². The highest BCUT2D eigenvalue weighted by Gasteiger charge is 2.30. The first-order valence-corrected chi connectivity index (χ1v) is 7.18. The summed E-state index contributed by atoms with van der Waals surface area (Å²) in [7, 11) is 0. The van der Waals surface area contributed by atoms with Gasteiger partial charge in [-0.1, -0.05) is 36.4 Å². The number of hydrogen-bond acceptors (Lipinski definition) is 1. The van der Waals surface area contributed by atoms with Gasteiger partial charge in [0.2, 0.25) is 0 Å². The third-order valence-corrected chi connectivity index (χ3v) is 4.27. The van der Waals surface area contributed by atoms with Crippen LogP contribution in [0.2, 0.25) is 0 Å². The second-order valence-corrected chi connectivity index (χ2v) is 5.70. The van der Waals surface area contributed by atoms with Crippen LogP contribution in [0.4, 0.5) is 4.39 Å². The SMILES string of the molecule is O=C(O)C(Cc1ccc(F)cc1)CC1Cc2ccccc21. The van der Waals surface area contributed by atoms with Crippen LogP contribution in [0.1, 0.15) is 29.0 Å². The Morgan fingerprint density at radius 3 is 2.57 bits per heavy atom. The molecule has 0 radical (unpaired) electrons. The molecule has 0 heterocycles. The van der Waals surface area contributed by atoms with Crippen LogP contribution in [0.25, 0.3) is 0 Å². The fourth-order valence-corrected chi connectivity index (χ4v) is 3.09. The lowest BCUT2D eigenvalue weighted by Crippen LogP contribution is -2.25. The van der Waals surface area contributed by atoms with Crippen LogP contribution in [0, 0.1) is 11.7 Å². The third kappa shape index (κ3) is 2.97. The molecule has 2 atom stereocenters. The van der Waals surface area contributed by atoms with Gasteiger partial charge in [0, 0.05) is 0 Å². The monoisotopic (exact) mass is 284 g/mol. The van der Waals surface area contributed by atoms with Crippen molar-refractivity contribution in [2.75, 3.05) is 0 Å². The summed E-state index contributed by atoms with van der Waals surface area (Å²) in [4.78, 5) is 11.5. The Kier molecular flexibility index (Phi) is 3.74. The van der Waals surface area contributed by atoms with Crippen LogP contribution < -0.4 is 0 Å². The van der Waals surface area contributed by atoms with Crippen molar-refractivity contribution in [2.24, 2.45) is 5.92 Å². The molecule has 108 valence electrons. The predicted molar refractivity (Wildman–Crippen MR) is 78.7 cm³/mol. The fraction of sp³-hybridized carbons (Fsp3) is 0.278. The average molecular weight is 284 g/mol. The number of halogens is 1. The molecular weight excluding hydrogens is 267 g/mol. The lowest BCUT2D eigenvalue weighted by Gasteiger charge is -2.32. The van der Waals surface area contributed by atoms with E-state index in [1.807, 2.05) is 12.1 Å². The number of carbonyl (C=O) groups is 1. The summed E-state index contributed by atoms with van der Waals surface area (Å²) < 4.78 is 12.9. The van der Waals surface area contributed by atoms with Gasteiger partial charge in [0.1, 0.15) is 5.82 Å². The highest BCUT2D eigenvalue weighted by molar-refractivity contribution is 5.70. The van der Waals surface area contributed by atoms with Crippen molar-refractivity contribution in [1.29, 1.82) is 0 Å². The minimum Gasteiger partial charge on any atom is -0.481 e. The van der Waals surface area contributed by atoms with Gasteiger partial charge in [-0.05, 0) is 54.0 Å². The Morgan fingerprint density at radius 1 is 1.19 bits per heavy atom. The van der Waals surface area contributed by atoms with Crippen molar-refractivity contribution in [3.63, 3.8) is 0 Å². The average Bonchev–Trinajstić information content (AvgIpc) is 2.45. The fourth-order valence-electron chi connectivity index (χ4n) is 3.09. The summed E-state index contributed by atoms with van der Waals surface area (Å²) in [5.74, 6) is -1.15. The molecule has 2 aromatic rings. The summed E-state index contributed by atoms with van der Waals surface area (Å²) >= 11 is 0. The molecule has 3 rings (SSSR count). The quantitative estimate of drug-likeness (QED) is 0.906. The van der Waals surface area contributed by atoms with E-state index in [0.29, 0.717) is 18.8 Å². The van der Waals surface area contributed by atoms with Crippen LogP contribution >= 0.6 is 0 Å². The van der Waals surface area contributed by atoms with E-state index in [1.165, 1.54) is 23.3 Å². The first-order chi connectivity index (χ1) is 10.1. The van der Waals surface area contributed by atoms with Crippen LogP contribution in [-0.4, -0.2) is 11.1 Å². The molecule has 0 spiro atoms. The van der Waals surface area contributed by atoms with E-state index < -0.39 is 11.9 Å². The van der Waals surface area contributed by atoms with Crippen molar-refractivity contribution in [3.05, 3.63) is 71.0 Å². The van der Waals surface area contributed by atoms with E-state index in [0.717, 1.165) is 12.0 Å². The molecule has 0 amide bonds. The number of hydrogen-bond donors (Lipinski definition) is 1. The predicted octanol–water partition coefficient (Wildman–Crippen LogP) is 3.80. The van der Waals surface area contributed by atoms with Gasteiger partial charge in [0.05, 0.1) is 5.92 Å². The van der Waals surface area contributed by atoms with E-state index in [4.69, 9.17) is 0 Å². The largest absolute Gasteiger partial charge is 0.481 e. The van der Waals surface area contributed by atoms with Gasteiger partial charge in [0.15, 0.2) is 0 Å². The first kappa shape index (κ1) is 13.8.